The van der Waals surface area contributed by atoms with Gasteiger partial charge >= 0.3 is 0 Å². The normalized spacial score (nSPS) is 10.5. The minimum absolute atomic E-state index is 0.226. The number of carbonyl (C=O) groups excluding carboxylic acids is 1. The van der Waals surface area contributed by atoms with Crippen LogP contribution in [-0.4, -0.2) is 15.6 Å². The van der Waals surface area contributed by atoms with Gasteiger partial charge in [-0.05, 0) is 13.3 Å². The average Bonchev–Trinajstić information content (AvgIpc) is 2.48. The molecule has 14 heavy (non-hydrogen) atoms. The van der Waals surface area contributed by atoms with Crippen molar-refractivity contribution in [1.29, 1.82) is 0 Å². The third kappa shape index (κ3) is 2.44. The van der Waals surface area contributed by atoms with Crippen molar-refractivity contribution in [2.24, 2.45) is 7.05 Å². The van der Waals surface area contributed by atoms with Gasteiger partial charge in [0.2, 0.25) is 0 Å². The van der Waals surface area contributed by atoms with E-state index in [1.165, 1.54) is 0 Å². The smallest absolute Gasteiger partial charge is 0.166 e. The van der Waals surface area contributed by atoms with Crippen molar-refractivity contribution >= 4 is 5.78 Å². The van der Waals surface area contributed by atoms with Gasteiger partial charge in [-0.15, -0.1) is 0 Å². The molecule has 0 aliphatic heterocycles. The Morgan fingerprint density at radius 1 is 1.50 bits per heavy atom. The van der Waals surface area contributed by atoms with Gasteiger partial charge in [0, 0.05) is 19.2 Å². The number of unbranched alkanes of at least 4 members (excludes halogenated alkanes) is 2. The fourth-order valence-electron chi connectivity index (χ4n) is 1.44. The van der Waals surface area contributed by atoms with Crippen molar-refractivity contribution in [2.45, 2.75) is 39.5 Å². The molecule has 0 atom stereocenters. The van der Waals surface area contributed by atoms with Crippen LogP contribution in [0.2, 0.25) is 0 Å². The number of nitrogens with zero attached hydrogens (tertiary/aromatic N) is 2. The van der Waals surface area contributed by atoms with E-state index in [1.807, 2.05) is 14.0 Å². The topological polar surface area (TPSA) is 34.9 Å². The summed E-state index contributed by atoms with van der Waals surface area (Å²) in [5.41, 5.74) is 1.75. The second kappa shape index (κ2) is 4.94. The summed E-state index contributed by atoms with van der Waals surface area (Å²) in [5.74, 6) is 0.226. The SMILES string of the molecule is CCCCCC(=O)c1cnn(C)c1C. The molecule has 0 saturated heterocycles. The van der Waals surface area contributed by atoms with Crippen LogP contribution < -0.4 is 0 Å². The minimum Gasteiger partial charge on any atom is -0.294 e. The second-order valence-corrected chi connectivity index (χ2v) is 3.65. The molecule has 0 amide bonds. The molecular formula is C11H18N2O. The lowest BCUT2D eigenvalue weighted by atomic mass is 10.1. The van der Waals surface area contributed by atoms with E-state index >= 15 is 0 Å². The predicted molar refractivity (Wildman–Crippen MR) is 56.4 cm³/mol. The highest BCUT2D eigenvalue weighted by Crippen LogP contribution is 2.11. The Labute approximate surface area is 85.1 Å². The van der Waals surface area contributed by atoms with Gasteiger partial charge in [0.1, 0.15) is 0 Å². The summed E-state index contributed by atoms with van der Waals surface area (Å²) in [6.45, 7) is 4.07. The number of aromatic nitrogens is 2. The molecule has 0 aliphatic carbocycles. The first kappa shape index (κ1) is 11.0. The van der Waals surface area contributed by atoms with E-state index in [0.717, 1.165) is 30.5 Å². The zero-order chi connectivity index (χ0) is 10.6. The molecule has 0 radical (unpaired) electrons. The van der Waals surface area contributed by atoms with E-state index in [0.29, 0.717) is 6.42 Å². The highest BCUT2D eigenvalue weighted by molar-refractivity contribution is 5.96. The first-order chi connectivity index (χ1) is 6.66. The fourth-order valence-corrected chi connectivity index (χ4v) is 1.44. The first-order valence-electron chi connectivity index (χ1n) is 5.18. The Kier molecular flexibility index (Phi) is 3.86. The summed E-state index contributed by atoms with van der Waals surface area (Å²) in [5, 5.41) is 4.06. The number of hydrogen-bond donors (Lipinski definition) is 0. The van der Waals surface area contributed by atoms with Gasteiger partial charge in [0.15, 0.2) is 5.78 Å². The van der Waals surface area contributed by atoms with Gasteiger partial charge in [-0.25, -0.2) is 0 Å². The van der Waals surface area contributed by atoms with E-state index in [-0.39, 0.29) is 5.78 Å². The van der Waals surface area contributed by atoms with E-state index in [9.17, 15) is 4.79 Å². The molecule has 1 heterocycles. The summed E-state index contributed by atoms with van der Waals surface area (Å²) >= 11 is 0. The number of aryl methyl sites for hydroxylation is 1. The molecule has 0 bridgehead atoms. The predicted octanol–water partition coefficient (Wildman–Crippen LogP) is 2.49. The van der Waals surface area contributed by atoms with Crippen LogP contribution in [0.3, 0.4) is 0 Å². The van der Waals surface area contributed by atoms with Crippen molar-refractivity contribution in [3.8, 4) is 0 Å². The molecule has 1 aromatic rings. The van der Waals surface area contributed by atoms with Crippen molar-refractivity contribution in [2.75, 3.05) is 0 Å². The van der Waals surface area contributed by atoms with Gasteiger partial charge < -0.3 is 0 Å². The molecule has 3 heteroatoms. The molecule has 0 aromatic carbocycles. The van der Waals surface area contributed by atoms with Crippen molar-refractivity contribution in [3.63, 3.8) is 0 Å². The minimum atomic E-state index is 0.226. The molecule has 0 spiro atoms. The van der Waals surface area contributed by atoms with E-state index in [4.69, 9.17) is 0 Å². The lowest BCUT2D eigenvalue weighted by Crippen LogP contribution is -2.01. The Morgan fingerprint density at radius 2 is 2.21 bits per heavy atom. The molecule has 0 N–H and O–H groups in total. The standard InChI is InChI=1S/C11H18N2O/c1-4-5-6-7-11(14)10-8-12-13(3)9(10)2/h8H,4-7H2,1-3H3. The molecule has 0 aliphatic rings. The number of ketones is 1. The molecule has 1 rings (SSSR count). The van der Waals surface area contributed by atoms with Gasteiger partial charge in [0.05, 0.1) is 11.8 Å². The highest BCUT2D eigenvalue weighted by atomic mass is 16.1. The lowest BCUT2D eigenvalue weighted by molar-refractivity contribution is 0.0978. The summed E-state index contributed by atoms with van der Waals surface area (Å²) in [6.07, 6.45) is 5.60. The maximum Gasteiger partial charge on any atom is 0.166 e. The van der Waals surface area contributed by atoms with Crippen LogP contribution in [0.15, 0.2) is 6.20 Å². The molecule has 0 saturated carbocycles. The zero-order valence-corrected chi connectivity index (χ0v) is 9.21. The molecular weight excluding hydrogens is 176 g/mol. The van der Waals surface area contributed by atoms with Crippen molar-refractivity contribution < 1.29 is 4.79 Å². The van der Waals surface area contributed by atoms with Crippen LogP contribution in [-0.2, 0) is 7.05 Å². The number of hydrogen-bond acceptors (Lipinski definition) is 2. The van der Waals surface area contributed by atoms with Crippen LogP contribution in [0.25, 0.3) is 0 Å². The molecule has 0 fully saturated rings. The van der Waals surface area contributed by atoms with Crippen LogP contribution in [0.5, 0.6) is 0 Å². The van der Waals surface area contributed by atoms with Gasteiger partial charge in [-0.2, -0.15) is 5.10 Å². The summed E-state index contributed by atoms with van der Waals surface area (Å²) < 4.78 is 1.74. The maximum absolute atomic E-state index is 11.7. The Balaban J connectivity index is 2.56. The van der Waals surface area contributed by atoms with Crippen LogP contribution in [0.4, 0.5) is 0 Å². The molecule has 1 aromatic heterocycles. The van der Waals surface area contributed by atoms with Gasteiger partial charge in [0.25, 0.3) is 0 Å². The van der Waals surface area contributed by atoms with E-state index < -0.39 is 0 Å². The maximum atomic E-state index is 11.7. The number of rotatable bonds is 5. The Hall–Kier alpha value is -1.12. The van der Waals surface area contributed by atoms with Crippen LogP contribution in [0.1, 0.15) is 48.7 Å². The molecule has 3 nitrogen and oxygen atoms in total. The van der Waals surface area contributed by atoms with Crippen LogP contribution >= 0.6 is 0 Å². The number of carbonyl (C=O) groups is 1. The molecule has 0 unspecified atom stereocenters. The Morgan fingerprint density at radius 3 is 2.71 bits per heavy atom. The second-order valence-electron chi connectivity index (χ2n) is 3.65. The lowest BCUT2D eigenvalue weighted by Gasteiger charge is -1.99. The highest BCUT2D eigenvalue weighted by Gasteiger charge is 2.11. The Bertz CT molecular complexity index is 315. The average molecular weight is 194 g/mol. The monoisotopic (exact) mass is 194 g/mol. The number of Topliss-reactive ketones (excluding diaryl/α,β-unsaturated/α-hetero) is 1. The zero-order valence-electron chi connectivity index (χ0n) is 9.21. The third-order valence-corrected chi connectivity index (χ3v) is 2.54. The van der Waals surface area contributed by atoms with E-state index in [1.54, 1.807) is 10.9 Å². The molecule has 78 valence electrons. The summed E-state index contributed by atoms with van der Waals surface area (Å²) in [7, 11) is 1.86. The first-order valence-corrected chi connectivity index (χ1v) is 5.18. The van der Waals surface area contributed by atoms with Gasteiger partial charge in [-0.1, -0.05) is 19.8 Å². The van der Waals surface area contributed by atoms with Gasteiger partial charge in [-0.3, -0.25) is 9.48 Å². The van der Waals surface area contributed by atoms with E-state index in [2.05, 4.69) is 12.0 Å². The largest absolute Gasteiger partial charge is 0.294 e. The summed E-state index contributed by atoms with van der Waals surface area (Å²) in [6, 6.07) is 0. The quantitative estimate of drug-likeness (QED) is 0.533. The van der Waals surface area contributed by atoms with Crippen molar-refractivity contribution in [1.82, 2.24) is 9.78 Å². The van der Waals surface area contributed by atoms with Crippen molar-refractivity contribution in [3.05, 3.63) is 17.5 Å². The third-order valence-electron chi connectivity index (χ3n) is 2.54. The fraction of sp³-hybridized carbons (Fsp3) is 0.636. The van der Waals surface area contributed by atoms with Crippen LogP contribution in [0, 0.1) is 6.92 Å². The summed E-state index contributed by atoms with van der Waals surface area (Å²) in [4.78, 5) is 11.7.